The summed E-state index contributed by atoms with van der Waals surface area (Å²) in [6.45, 7) is 4.58. The Hall–Kier alpha value is -1.21. The van der Waals surface area contributed by atoms with E-state index in [0.717, 1.165) is 37.0 Å². The number of para-hydroxylation sites is 1. The highest BCUT2D eigenvalue weighted by atomic mass is 32.1. The molecule has 0 spiro atoms. The van der Waals surface area contributed by atoms with Crippen LogP contribution in [-0.2, 0) is 4.74 Å². The molecule has 1 atom stereocenters. The van der Waals surface area contributed by atoms with E-state index in [9.17, 15) is 5.11 Å². The summed E-state index contributed by atoms with van der Waals surface area (Å²) in [7, 11) is 1.61. The monoisotopic (exact) mass is 309 g/mol. The van der Waals surface area contributed by atoms with Crippen LogP contribution in [0.3, 0.4) is 0 Å². The minimum atomic E-state index is -0.420. The van der Waals surface area contributed by atoms with Crippen LogP contribution in [0.4, 0.5) is 5.69 Å². The van der Waals surface area contributed by atoms with Crippen molar-refractivity contribution in [2.45, 2.75) is 6.10 Å². The van der Waals surface area contributed by atoms with Crippen molar-refractivity contribution in [1.82, 2.24) is 9.80 Å². The lowest BCUT2D eigenvalue weighted by atomic mass is 10.2. The van der Waals surface area contributed by atoms with E-state index in [0.29, 0.717) is 13.2 Å². The second-order valence-electron chi connectivity index (χ2n) is 5.19. The molecule has 0 aliphatic carbocycles. The molecule has 0 radical (unpaired) electrons. The highest BCUT2D eigenvalue weighted by molar-refractivity contribution is 7.80. The summed E-state index contributed by atoms with van der Waals surface area (Å²) in [6.07, 6.45) is -0.420. The average Bonchev–Trinajstić information content (AvgIpc) is 2.49. The third-order valence-corrected chi connectivity index (χ3v) is 3.87. The van der Waals surface area contributed by atoms with E-state index >= 15 is 0 Å². The molecule has 1 fully saturated rings. The van der Waals surface area contributed by atoms with Crippen molar-refractivity contribution in [3.8, 4) is 0 Å². The number of ether oxygens (including phenoxy) is 1. The maximum absolute atomic E-state index is 9.75. The van der Waals surface area contributed by atoms with E-state index in [1.54, 1.807) is 7.11 Å². The van der Waals surface area contributed by atoms with Gasteiger partial charge in [0, 0.05) is 45.5 Å². The topological polar surface area (TPSA) is 48.0 Å². The molecular formula is C15H23N3O2S. The third kappa shape index (κ3) is 5.24. The lowest BCUT2D eigenvalue weighted by Gasteiger charge is -2.36. The first-order valence-corrected chi connectivity index (χ1v) is 7.60. The Morgan fingerprint density at radius 3 is 2.57 bits per heavy atom. The molecule has 0 saturated carbocycles. The molecule has 0 bridgehead atoms. The Labute approximate surface area is 131 Å². The molecular weight excluding hydrogens is 286 g/mol. The zero-order valence-electron chi connectivity index (χ0n) is 12.4. The largest absolute Gasteiger partial charge is 0.389 e. The summed E-state index contributed by atoms with van der Waals surface area (Å²) in [6, 6.07) is 9.96. The number of benzene rings is 1. The summed E-state index contributed by atoms with van der Waals surface area (Å²) < 4.78 is 4.95. The normalized spacial score (nSPS) is 17.5. The fourth-order valence-corrected chi connectivity index (χ4v) is 2.70. The van der Waals surface area contributed by atoms with Gasteiger partial charge in [-0.2, -0.15) is 0 Å². The van der Waals surface area contributed by atoms with Crippen molar-refractivity contribution in [3.05, 3.63) is 30.3 Å². The van der Waals surface area contributed by atoms with Crippen LogP contribution in [0.25, 0.3) is 0 Å². The molecule has 0 aromatic heterocycles. The lowest BCUT2D eigenvalue weighted by Crippen LogP contribution is -2.51. The highest BCUT2D eigenvalue weighted by Gasteiger charge is 2.20. The fraction of sp³-hybridized carbons (Fsp3) is 0.533. The van der Waals surface area contributed by atoms with E-state index < -0.39 is 6.10 Å². The Bertz CT molecular complexity index is 436. The van der Waals surface area contributed by atoms with Crippen molar-refractivity contribution >= 4 is 23.0 Å². The van der Waals surface area contributed by atoms with Gasteiger partial charge < -0.3 is 20.1 Å². The standard InChI is InChI=1S/C15H23N3O2S/c1-20-12-14(19)11-17-7-9-18(10-8-17)15(21)16-13-5-3-2-4-6-13/h2-6,14,19H,7-12H2,1H3,(H,16,21). The predicted octanol–water partition coefficient (Wildman–Crippen LogP) is 1.01. The van der Waals surface area contributed by atoms with Crippen LogP contribution in [0, 0.1) is 0 Å². The van der Waals surface area contributed by atoms with Gasteiger partial charge in [0.2, 0.25) is 0 Å². The van der Waals surface area contributed by atoms with Gasteiger partial charge in [-0.25, -0.2) is 0 Å². The number of nitrogens with zero attached hydrogens (tertiary/aromatic N) is 2. The zero-order valence-corrected chi connectivity index (χ0v) is 13.2. The van der Waals surface area contributed by atoms with Gasteiger partial charge in [0.05, 0.1) is 12.7 Å². The Kier molecular flexibility index (Phi) is 6.38. The van der Waals surface area contributed by atoms with E-state index in [1.165, 1.54) is 0 Å². The Morgan fingerprint density at radius 1 is 1.29 bits per heavy atom. The van der Waals surface area contributed by atoms with Crippen LogP contribution >= 0.6 is 12.2 Å². The second kappa shape index (κ2) is 8.29. The highest BCUT2D eigenvalue weighted by Crippen LogP contribution is 2.09. The molecule has 1 unspecified atom stereocenters. The Morgan fingerprint density at radius 2 is 1.95 bits per heavy atom. The number of methoxy groups -OCH3 is 1. The van der Waals surface area contributed by atoms with Gasteiger partial charge in [0.15, 0.2) is 5.11 Å². The van der Waals surface area contributed by atoms with Crippen LogP contribution < -0.4 is 5.32 Å². The number of hydrogen-bond donors (Lipinski definition) is 2. The van der Waals surface area contributed by atoms with Crippen LogP contribution in [0.5, 0.6) is 0 Å². The maximum Gasteiger partial charge on any atom is 0.173 e. The average molecular weight is 309 g/mol. The van der Waals surface area contributed by atoms with Crippen molar-refractivity contribution in [2.24, 2.45) is 0 Å². The molecule has 5 nitrogen and oxygen atoms in total. The molecule has 1 saturated heterocycles. The molecule has 1 aliphatic rings. The van der Waals surface area contributed by atoms with Crippen LogP contribution in [0.1, 0.15) is 0 Å². The number of aliphatic hydroxyl groups excluding tert-OH is 1. The molecule has 1 aromatic carbocycles. The minimum absolute atomic E-state index is 0.383. The predicted molar refractivity (Wildman–Crippen MR) is 88.6 cm³/mol. The molecule has 2 N–H and O–H groups in total. The van der Waals surface area contributed by atoms with E-state index in [-0.39, 0.29) is 0 Å². The SMILES string of the molecule is COCC(O)CN1CCN(C(=S)Nc2ccccc2)CC1. The van der Waals surface area contributed by atoms with Crippen LogP contribution in [0.2, 0.25) is 0 Å². The smallest absolute Gasteiger partial charge is 0.173 e. The first kappa shape index (κ1) is 16.2. The number of anilines is 1. The number of aliphatic hydroxyl groups is 1. The zero-order chi connectivity index (χ0) is 15.1. The molecule has 116 valence electrons. The van der Waals surface area contributed by atoms with E-state index in [2.05, 4.69) is 15.1 Å². The van der Waals surface area contributed by atoms with Crippen molar-refractivity contribution < 1.29 is 9.84 Å². The summed E-state index contributed by atoms with van der Waals surface area (Å²) in [5.74, 6) is 0. The summed E-state index contributed by atoms with van der Waals surface area (Å²) in [4.78, 5) is 4.41. The van der Waals surface area contributed by atoms with Crippen molar-refractivity contribution in [3.63, 3.8) is 0 Å². The summed E-state index contributed by atoms with van der Waals surface area (Å²) in [5, 5.41) is 13.8. The number of hydrogen-bond acceptors (Lipinski definition) is 4. The third-order valence-electron chi connectivity index (χ3n) is 3.51. The Balaban J connectivity index is 1.74. The number of piperazine rings is 1. The van der Waals surface area contributed by atoms with Gasteiger partial charge in [0.25, 0.3) is 0 Å². The van der Waals surface area contributed by atoms with Crippen LogP contribution in [-0.4, -0.2) is 72.6 Å². The molecule has 1 heterocycles. The number of rotatable bonds is 5. The van der Waals surface area contributed by atoms with Crippen molar-refractivity contribution in [1.29, 1.82) is 0 Å². The number of thiocarbonyl (C=S) groups is 1. The van der Waals surface area contributed by atoms with E-state index in [1.807, 2.05) is 30.3 Å². The quantitative estimate of drug-likeness (QED) is 0.792. The number of nitrogens with one attached hydrogen (secondary N) is 1. The number of β-amino-alcohol motifs (C(OH)–C–C–N with tert-alkyl or cyclic N) is 1. The molecule has 1 aromatic rings. The van der Waals surface area contributed by atoms with Gasteiger partial charge in [-0.3, -0.25) is 4.90 Å². The fourth-order valence-electron chi connectivity index (χ4n) is 2.40. The van der Waals surface area contributed by atoms with Gasteiger partial charge in [-0.05, 0) is 24.4 Å². The molecule has 21 heavy (non-hydrogen) atoms. The van der Waals surface area contributed by atoms with Gasteiger partial charge >= 0.3 is 0 Å². The first-order valence-electron chi connectivity index (χ1n) is 7.19. The van der Waals surface area contributed by atoms with E-state index in [4.69, 9.17) is 17.0 Å². The summed E-state index contributed by atoms with van der Waals surface area (Å²) >= 11 is 5.45. The minimum Gasteiger partial charge on any atom is -0.389 e. The summed E-state index contributed by atoms with van der Waals surface area (Å²) in [5.41, 5.74) is 1.01. The molecule has 1 aliphatic heterocycles. The first-order chi connectivity index (χ1) is 10.2. The van der Waals surface area contributed by atoms with Crippen molar-refractivity contribution in [2.75, 3.05) is 51.8 Å². The van der Waals surface area contributed by atoms with Gasteiger partial charge in [0.1, 0.15) is 0 Å². The van der Waals surface area contributed by atoms with Crippen LogP contribution in [0.15, 0.2) is 30.3 Å². The molecule has 2 rings (SSSR count). The molecule has 0 amide bonds. The van der Waals surface area contributed by atoms with Gasteiger partial charge in [-0.15, -0.1) is 0 Å². The lowest BCUT2D eigenvalue weighted by molar-refractivity contribution is 0.0299. The van der Waals surface area contributed by atoms with Gasteiger partial charge in [-0.1, -0.05) is 18.2 Å². The maximum atomic E-state index is 9.75. The molecule has 6 heteroatoms. The second-order valence-corrected chi connectivity index (χ2v) is 5.58.